The highest BCUT2D eigenvalue weighted by Gasteiger charge is 2.56. The minimum atomic E-state index is -0.784. The van der Waals surface area contributed by atoms with Crippen molar-refractivity contribution in [2.24, 2.45) is 5.92 Å². The number of urea groups is 1. The van der Waals surface area contributed by atoms with Crippen molar-refractivity contribution in [2.45, 2.75) is 50.5 Å². The third kappa shape index (κ3) is 3.68. The largest absolute Gasteiger partial charge is 0.340 e. The molecule has 5 amide bonds. The molecule has 10 heteroatoms. The highest BCUT2D eigenvalue weighted by atomic mass is 32.1. The molecule has 0 bridgehead atoms. The number of piperidine rings is 1. The number of hydrogen-bond donors (Lipinski definition) is 1. The molecule has 1 N–H and O–H groups in total. The van der Waals surface area contributed by atoms with Crippen LogP contribution >= 0.6 is 11.3 Å². The molecule has 1 aliphatic carbocycles. The van der Waals surface area contributed by atoms with E-state index < -0.39 is 11.6 Å². The molecule has 0 radical (unpaired) electrons. The molecule has 162 valence electrons. The van der Waals surface area contributed by atoms with Gasteiger partial charge in [0.25, 0.3) is 5.91 Å². The maximum atomic E-state index is 13.1. The number of nitrogens with zero attached hydrogens (tertiary/aromatic N) is 4. The van der Waals surface area contributed by atoms with E-state index >= 15 is 0 Å². The van der Waals surface area contributed by atoms with Gasteiger partial charge in [0.15, 0.2) is 5.13 Å². The Morgan fingerprint density at radius 1 is 1.23 bits per heavy atom. The lowest BCUT2D eigenvalue weighted by atomic mass is 9.81. The van der Waals surface area contributed by atoms with Crippen LogP contribution in [-0.4, -0.2) is 75.7 Å². The second-order valence-electron chi connectivity index (χ2n) is 8.33. The fraction of sp³-hybridized carbons (Fsp3) is 0.650. The van der Waals surface area contributed by atoms with Crippen molar-refractivity contribution >= 4 is 40.2 Å². The summed E-state index contributed by atoms with van der Waals surface area (Å²) in [5.74, 6) is -1.02. The van der Waals surface area contributed by atoms with Gasteiger partial charge < -0.3 is 15.1 Å². The number of likely N-dealkylation sites (N-methyl/N-ethyl adjacent to an activating group) is 1. The van der Waals surface area contributed by atoms with Crippen LogP contribution in [0.1, 0.15) is 44.9 Å². The van der Waals surface area contributed by atoms with Crippen LogP contribution in [0.15, 0.2) is 11.6 Å². The summed E-state index contributed by atoms with van der Waals surface area (Å²) in [5, 5.41) is 5.11. The third-order valence-electron chi connectivity index (χ3n) is 6.58. The maximum absolute atomic E-state index is 13.1. The standard InChI is InChI=1S/C20H27N5O4S/c1-23-19(29)25(17(28)20(23)7-3-2-4-8-20)13-15(26)24-10-5-6-14(12-24)16(27)22-18-21-9-11-30-18/h9,11,14H,2-8,10,12-13H2,1H3,(H,21,22,27). The molecule has 30 heavy (non-hydrogen) atoms. The molecule has 1 aromatic rings. The van der Waals surface area contributed by atoms with Crippen LogP contribution in [0, 0.1) is 5.92 Å². The van der Waals surface area contributed by atoms with Crippen LogP contribution in [-0.2, 0) is 14.4 Å². The molecule has 1 unspecified atom stereocenters. The van der Waals surface area contributed by atoms with E-state index in [-0.39, 0.29) is 36.7 Å². The number of thiazole rings is 1. The van der Waals surface area contributed by atoms with E-state index in [1.54, 1.807) is 23.5 Å². The summed E-state index contributed by atoms with van der Waals surface area (Å²) in [4.78, 5) is 59.6. The number of nitrogens with one attached hydrogen (secondary N) is 1. The van der Waals surface area contributed by atoms with Gasteiger partial charge >= 0.3 is 6.03 Å². The number of rotatable bonds is 4. The van der Waals surface area contributed by atoms with Crippen LogP contribution in [0.2, 0.25) is 0 Å². The Balaban J connectivity index is 1.39. The van der Waals surface area contributed by atoms with Gasteiger partial charge in [0.2, 0.25) is 11.8 Å². The van der Waals surface area contributed by atoms with Gasteiger partial charge in [0, 0.05) is 31.7 Å². The van der Waals surface area contributed by atoms with Crippen molar-refractivity contribution in [3.8, 4) is 0 Å². The first-order valence-corrected chi connectivity index (χ1v) is 11.4. The molecule has 3 fully saturated rings. The summed E-state index contributed by atoms with van der Waals surface area (Å²) < 4.78 is 0. The quantitative estimate of drug-likeness (QED) is 0.731. The zero-order valence-electron chi connectivity index (χ0n) is 17.1. The molecular formula is C20H27N5O4S. The van der Waals surface area contributed by atoms with Gasteiger partial charge in [-0.1, -0.05) is 19.3 Å². The molecule has 0 aromatic carbocycles. The van der Waals surface area contributed by atoms with E-state index in [0.717, 1.165) is 24.2 Å². The third-order valence-corrected chi connectivity index (χ3v) is 7.27. The molecule has 3 heterocycles. The summed E-state index contributed by atoms with van der Waals surface area (Å²) in [6, 6.07) is -0.398. The SMILES string of the molecule is CN1C(=O)N(CC(=O)N2CCCC(C(=O)Nc3nccs3)C2)C(=O)C12CCCCC2. The Morgan fingerprint density at radius 3 is 2.70 bits per heavy atom. The summed E-state index contributed by atoms with van der Waals surface area (Å²) in [5.41, 5.74) is -0.784. The van der Waals surface area contributed by atoms with Crippen LogP contribution in [0.4, 0.5) is 9.93 Å². The predicted octanol–water partition coefficient (Wildman–Crippen LogP) is 1.92. The fourth-order valence-corrected chi connectivity index (χ4v) is 5.35. The zero-order chi connectivity index (χ0) is 21.3. The van der Waals surface area contributed by atoms with Crippen molar-refractivity contribution in [3.05, 3.63) is 11.6 Å². The van der Waals surface area contributed by atoms with E-state index in [1.807, 2.05) is 0 Å². The summed E-state index contributed by atoms with van der Waals surface area (Å²) in [7, 11) is 1.66. The van der Waals surface area contributed by atoms with Crippen molar-refractivity contribution in [1.82, 2.24) is 19.7 Å². The average Bonchev–Trinajstić information content (AvgIpc) is 3.33. The topological polar surface area (TPSA) is 103 Å². The number of imide groups is 1. The van der Waals surface area contributed by atoms with E-state index in [0.29, 0.717) is 37.4 Å². The number of likely N-dealkylation sites (tertiary alicyclic amines) is 1. The minimum Gasteiger partial charge on any atom is -0.340 e. The number of carbonyl (C=O) groups excluding carboxylic acids is 4. The van der Waals surface area contributed by atoms with Gasteiger partial charge in [-0.25, -0.2) is 9.78 Å². The van der Waals surface area contributed by atoms with Gasteiger partial charge in [0.05, 0.1) is 5.92 Å². The molecule has 1 spiro atoms. The first-order chi connectivity index (χ1) is 14.4. The molecule has 3 aliphatic rings. The van der Waals surface area contributed by atoms with E-state index in [4.69, 9.17) is 0 Å². The first kappa shape index (κ1) is 20.8. The highest BCUT2D eigenvalue weighted by Crippen LogP contribution is 2.39. The number of amides is 5. The van der Waals surface area contributed by atoms with Crippen molar-refractivity contribution in [1.29, 1.82) is 0 Å². The zero-order valence-corrected chi connectivity index (χ0v) is 17.9. The number of hydrogen-bond acceptors (Lipinski definition) is 6. The van der Waals surface area contributed by atoms with Crippen LogP contribution in [0.5, 0.6) is 0 Å². The van der Waals surface area contributed by atoms with Gasteiger partial charge in [-0.2, -0.15) is 0 Å². The van der Waals surface area contributed by atoms with E-state index in [2.05, 4.69) is 10.3 Å². The molecule has 1 atom stereocenters. The Labute approximate surface area is 179 Å². The van der Waals surface area contributed by atoms with E-state index in [9.17, 15) is 19.2 Å². The summed E-state index contributed by atoms with van der Waals surface area (Å²) >= 11 is 1.34. The number of carbonyl (C=O) groups is 4. The van der Waals surface area contributed by atoms with Gasteiger partial charge in [0.1, 0.15) is 12.1 Å². The second kappa shape index (κ2) is 8.33. The lowest BCUT2D eigenvalue weighted by Gasteiger charge is -2.36. The van der Waals surface area contributed by atoms with Gasteiger partial charge in [-0.3, -0.25) is 19.3 Å². The minimum absolute atomic E-state index is 0.156. The molecule has 2 aliphatic heterocycles. The lowest BCUT2D eigenvalue weighted by molar-refractivity contribution is -0.142. The molecular weight excluding hydrogens is 406 g/mol. The van der Waals surface area contributed by atoms with Gasteiger partial charge in [-0.05, 0) is 25.7 Å². The Hall–Kier alpha value is -2.49. The van der Waals surface area contributed by atoms with Gasteiger partial charge in [-0.15, -0.1) is 11.3 Å². The van der Waals surface area contributed by atoms with E-state index in [1.165, 1.54) is 16.2 Å². The molecule has 2 saturated heterocycles. The Kier molecular flexibility index (Phi) is 5.77. The fourth-order valence-electron chi connectivity index (χ4n) is 4.82. The summed E-state index contributed by atoms with van der Waals surface area (Å²) in [6.45, 7) is 0.550. The summed E-state index contributed by atoms with van der Waals surface area (Å²) in [6.07, 6.45) is 7.20. The first-order valence-electron chi connectivity index (χ1n) is 10.5. The predicted molar refractivity (Wildman–Crippen MR) is 111 cm³/mol. The van der Waals surface area contributed by atoms with Crippen molar-refractivity contribution in [2.75, 3.05) is 32.0 Å². The molecule has 1 aromatic heterocycles. The maximum Gasteiger partial charge on any atom is 0.327 e. The lowest BCUT2D eigenvalue weighted by Crippen LogP contribution is -2.50. The monoisotopic (exact) mass is 433 g/mol. The molecule has 1 saturated carbocycles. The second-order valence-corrected chi connectivity index (χ2v) is 9.23. The molecule has 9 nitrogen and oxygen atoms in total. The van der Waals surface area contributed by atoms with Crippen LogP contribution < -0.4 is 5.32 Å². The van der Waals surface area contributed by atoms with Crippen molar-refractivity contribution < 1.29 is 19.2 Å². The smallest absolute Gasteiger partial charge is 0.327 e. The number of anilines is 1. The Morgan fingerprint density at radius 2 is 2.00 bits per heavy atom. The normalized spacial score (nSPS) is 23.9. The molecule has 4 rings (SSSR count). The average molecular weight is 434 g/mol. The number of aromatic nitrogens is 1. The highest BCUT2D eigenvalue weighted by molar-refractivity contribution is 7.13. The van der Waals surface area contributed by atoms with Crippen LogP contribution in [0.3, 0.4) is 0 Å². The van der Waals surface area contributed by atoms with Crippen molar-refractivity contribution in [3.63, 3.8) is 0 Å². The van der Waals surface area contributed by atoms with Crippen LogP contribution in [0.25, 0.3) is 0 Å². The Bertz CT molecular complexity index is 836.